The molecule has 0 saturated heterocycles. The Kier molecular flexibility index (Phi) is 8.02. The fourth-order valence-corrected chi connectivity index (χ4v) is 5.87. The molecule has 8 aromatic rings. The lowest BCUT2D eigenvalue weighted by Crippen LogP contribution is -2.16. The van der Waals surface area contributed by atoms with Gasteiger partial charge in [-0.1, -0.05) is 152 Å². The smallest absolute Gasteiger partial charge is 0.180 e. The summed E-state index contributed by atoms with van der Waals surface area (Å²) in [6.07, 6.45) is 0. The van der Waals surface area contributed by atoms with Crippen LogP contribution in [0.5, 0.6) is 0 Å². The second-order valence-corrected chi connectivity index (χ2v) is 11.7. The van der Waals surface area contributed by atoms with Gasteiger partial charge in [-0.3, -0.25) is 4.99 Å². The molecule has 6 aromatic carbocycles. The van der Waals surface area contributed by atoms with E-state index in [0.29, 0.717) is 35.2 Å². The molecule has 6 nitrogen and oxygen atoms in total. The zero-order valence-electron chi connectivity index (χ0n) is 26.6. The third-order valence-corrected chi connectivity index (χ3v) is 8.42. The van der Waals surface area contributed by atoms with Crippen molar-refractivity contribution in [2.24, 2.45) is 15.7 Å². The predicted octanol–water partition coefficient (Wildman–Crippen LogP) is 9.73. The maximum Gasteiger partial charge on any atom is 0.180 e. The van der Waals surface area contributed by atoms with Crippen LogP contribution in [0.1, 0.15) is 16.7 Å². The molecular formula is C43H31N5O. The second kappa shape index (κ2) is 13.2. The van der Waals surface area contributed by atoms with Gasteiger partial charge in [0.15, 0.2) is 17.2 Å². The van der Waals surface area contributed by atoms with E-state index in [1.54, 1.807) is 0 Å². The third-order valence-electron chi connectivity index (χ3n) is 8.42. The maximum absolute atomic E-state index is 6.69. The first kappa shape index (κ1) is 29.7. The van der Waals surface area contributed by atoms with Gasteiger partial charge in [0.25, 0.3) is 0 Å². The van der Waals surface area contributed by atoms with Crippen molar-refractivity contribution in [2.75, 3.05) is 0 Å². The lowest BCUT2D eigenvalue weighted by molar-refractivity contribution is 0.667. The summed E-state index contributed by atoms with van der Waals surface area (Å²) in [6, 6.07) is 54.6. The van der Waals surface area contributed by atoms with Crippen LogP contribution in [0.4, 0.5) is 0 Å². The number of nitrogens with two attached hydrogens (primary N) is 1. The maximum atomic E-state index is 6.69. The van der Waals surface area contributed by atoms with Gasteiger partial charge in [-0.15, -0.1) is 0 Å². The van der Waals surface area contributed by atoms with E-state index in [4.69, 9.17) is 30.1 Å². The number of furan rings is 1. The molecule has 49 heavy (non-hydrogen) atoms. The van der Waals surface area contributed by atoms with Crippen molar-refractivity contribution in [3.05, 3.63) is 180 Å². The largest absolute Gasteiger partial charge is 0.452 e. The Balaban J connectivity index is 1.16. The molecule has 0 aliphatic rings. The predicted molar refractivity (Wildman–Crippen MR) is 199 cm³/mol. The molecule has 0 radical (unpaired) electrons. The van der Waals surface area contributed by atoms with E-state index >= 15 is 0 Å². The van der Waals surface area contributed by atoms with Gasteiger partial charge in [-0.25, -0.2) is 15.0 Å². The average molecular weight is 634 g/mol. The molecule has 0 aliphatic heterocycles. The van der Waals surface area contributed by atoms with Crippen LogP contribution in [-0.4, -0.2) is 21.6 Å². The average Bonchev–Trinajstić information content (AvgIpc) is 3.55. The minimum atomic E-state index is 0.337. The van der Waals surface area contributed by atoms with Gasteiger partial charge >= 0.3 is 0 Å². The molecule has 0 aliphatic carbocycles. The molecule has 0 fully saturated rings. The molecule has 0 amide bonds. The molecule has 2 N–H and O–H groups in total. The minimum Gasteiger partial charge on any atom is -0.452 e. The Hall–Kier alpha value is -6.66. The van der Waals surface area contributed by atoms with Crippen molar-refractivity contribution >= 4 is 33.7 Å². The Bertz CT molecular complexity index is 2440. The van der Waals surface area contributed by atoms with E-state index in [2.05, 4.69) is 36.4 Å². The number of benzene rings is 6. The molecule has 0 unspecified atom stereocenters. The highest BCUT2D eigenvalue weighted by molar-refractivity contribution is 6.13. The van der Waals surface area contributed by atoms with Crippen LogP contribution in [0, 0.1) is 0 Å². The summed E-state index contributed by atoms with van der Waals surface area (Å²) in [7, 11) is 0. The quantitative estimate of drug-likeness (QED) is 0.140. The number of hydrogen-bond donors (Lipinski definition) is 1. The molecule has 2 aromatic heterocycles. The van der Waals surface area contributed by atoms with Gasteiger partial charge in [-0.2, -0.15) is 0 Å². The van der Waals surface area contributed by atoms with Gasteiger partial charge in [0.2, 0.25) is 0 Å². The first-order valence-electron chi connectivity index (χ1n) is 16.1. The monoisotopic (exact) mass is 633 g/mol. The van der Waals surface area contributed by atoms with Crippen molar-refractivity contribution in [2.45, 2.75) is 6.54 Å². The van der Waals surface area contributed by atoms with Crippen LogP contribution < -0.4 is 5.73 Å². The Morgan fingerprint density at radius 1 is 0.571 bits per heavy atom. The zero-order valence-corrected chi connectivity index (χ0v) is 26.6. The number of aliphatic imine (C=N–C) groups is 2. The lowest BCUT2D eigenvalue weighted by Gasteiger charge is -2.07. The fraction of sp³-hybridized carbons (Fsp3) is 0.0233. The molecule has 8 rings (SSSR count). The van der Waals surface area contributed by atoms with Crippen LogP contribution in [0.15, 0.2) is 178 Å². The first-order valence-corrected chi connectivity index (χ1v) is 16.1. The van der Waals surface area contributed by atoms with Crippen LogP contribution in [0.25, 0.3) is 55.8 Å². The number of rotatable bonds is 7. The summed E-state index contributed by atoms with van der Waals surface area (Å²) in [5.41, 5.74) is 16.4. The van der Waals surface area contributed by atoms with Gasteiger partial charge in [0.05, 0.1) is 6.54 Å². The summed E-state index contributed by atoms with van der Waals surface area (Å²) in [5, 5.41) is 0.874. The molecular weight excluding hydrogens is 603 g/mol. The van der Waals surface area contributed by atoms with Crippen LogP contribution in [0.3, 0.4) is 0 Å². The van der Waals surface area contributed by atoms with E-state index in [1.165, 1.54) is 5.56 Å². The number of fused-ring (bicyclic) bond motifs is 3. The third kappa shape index (κ3) is 6.23. The van der Waals surface area contributed by atoms with Crippen LogP contribution >= 0.6 is 0 Å². The van der Waals surface area contributed by atoms with E-state index < -0.39 is 0 Å². The normalized spacial score (nSPS) is 12.1. The van der Waals surface area contributed by atoms with Crippen molar-refractivity contribution in [3.63, 3.8) is 0 Å². The molecule has 6 heteroatoms. The highest BCUT2D eigenvalue weighted by Crippen LogP contribution is 2.36. The number of nitrogens with zero attached hydrogens (tertiary/aromatic N) is 4. The summed E-state index contributed by atoms with van der Waals surface area (Å²) >= 11 is 0. The molecule has 234 valence electrons. The number of amidine groups is 2. The SMILES string of the molecule is NC(=NC(=NCc1ccc(-c2ccccc2)cc1)c1ccccc1)c1ccc2c(c1)oc1c(-c3ccccc3)nc(-c3ccccc3)nc12. The molecule has 0 bridgehead atoms. The van der Waals surface area contributed by atoms with Crippen LogP contribution in [0.2, 0.25) is 0 Å². The van der Waals surface area contributed by atoms with Crippen molar-refractivity contribution in [1.29, 1.82) is 0 Å². The number of aromatic nitrogens is 2. The molecule has 2 heterocycles. The summed E-state index contributed by atoms with van der Waals surface area (Å²) in [5.74, 6) is 1.53. The standard InChI is InChI=1S/C43H31N5O/c44-41(48-42(33-17-9-3-10-18-33)45-28-29-21-23-31(24-22-29)30-13-5-1-6-14-30)35-25-26-36-37(27-35)49-40-38(32-15-7-2-8-16-32)46-43(47-39(36)40)34-19-11-4-12-20-34/h1-27H,28H2,(H2,44,45,48). The van der Waals surface area contributed by atoms with Crippen molar-refractivity contribution in [3.8, 4) is 33.8 Å². The summed E-state index contributed by atoms with van der Waals surface area (Å²) in [4.78, 5) is 19.7. The van der Waals surface area contributed by atoms with Gasteiger partial charge in [0.1, 0.15) is 22.6 Å². The van der Waals surface area contributed by atoms with Crippen molar-refractivity contribution < 1.29 is 4.42 Å². The minimum absolute atomic E-state index is 0.337. The van der Waals surface area contributed by atoms with Crippen molar-refractivity contribution in [1.82, 2.24) is 9.97 Å². The number of hydrogen-bond acceptors (Lipinski definition) is 4. The Labute approximate surface area is 284 Å². The second-order valence-electron chi connectivity index (χ2n) is 11.7. The summed E-state index contributed by atoms with van der Waals surface area (Å²) in [6.45, 7) is 0.462. The Morgan fingerprint density at radius 2 is 1.16 bits per heavy atom. The van der Waals surface area contributed by atoms with E-state index in [-0.39, 0.29) is 0 Å². The zero-order chi connectivity index (χ0) is 33.0. The Morgan fingerprint density at radius 3 is 1.84 bits per heavy atom. The van der Waals surface area contributed by atoms with Gasteiger partial charge < -0.3 is 10.2 Å². The van der Waals surface area contributed by atoms with E-state index in [0.717, 1.165) is 50.0 Å². The molecule has 0 atom stereocenters. The molecule has 0 saturated carbocycles. The highest BCUT2D eigenvalue weighted by atomic mass is 16.3. The topological polar surface area (TPSA) is 89.7 Å². The van der Waals surface area contributed by atoms with Gasteiger partial charge in [0, 0.05) is 27.6 Å². The highest BCUT2D eigenvalue weighted by Gasteiger charge is 2.19. The van der Waals surface area contributed by atoms with Gasteiger partial charge in [-0.05, 0) is 28.8 Å². The lowest BCUT2D eigenvalue weighted by atomic mass is 10.0. The fourth-order valence-electron chi connectivity index (χ4n) is 5.87. The summed E-state index contributed by atoms with van der Waals surface area (Å²) < 4.78 is 6.49. The van der Waals surface area contributed by atoms with E-state index in [9.17, 15) is 0 Å². The van der Waals surface area contributed by atoms with E-state index in [1.807, 2.05) is 127 Å². The van der Waals surface area contributed by atoms with Crippen LogP contribution in [-0.2, 0) is 6.54 Å². The first-order chi connectivity index (χ1) is 24.2. The molecule has 0 spiro atoms.